The zero-order valence-corrected chi connectivity index (χ0v) is 12.5. The Morgan fingerprint density at radius 2 is 1.95 bits per heavy atom. The number of anilines is 1. The van der Waals surface area contributed by atoms with Gasteiger partial charge in [0, 0.05) is 37.3 Å². The number of benzene rings is 1. The number of rotatable bonds is 4. The van der Waals surface area contributed by atoms with Gasteiger partial charge in [0.25, 0.3) is 0 Å². The van der Waals surface area contributed by atoms with E-state index in [2.05, 4.69) is 35.0 Å². The maximum Gasteiger partial charge on any atom is 0.217 e. The van der Waals surface area contributed by atoms with Gasteiger partial charge in [-0.2, -0.15) is 0 Å². The van der Waals surface area contributed by atoms with Crippen LogP contribution in [0.2, 0.25) is 0 Å². The molecule has 0 radical (unpaired) electrons. The van der Waals surface area contributed by atoms with Crippen molar-refractivity contribution in [2.75, 3.05) is 19.0 Å². The fourth-order valence-corrected chi connectivity index (χ4v) is 2.48. The number of hydrogen-bond acceptors (Lipinski definition) is 3. The fourth-order valence-electron chi connectivity index (χ4n) is 2.48. The van der Waals surface area contributed by atoms with E-state index in [9.17, 15) is 4.79 Å². The Morgan fingerprint density at radius 3 is 2.55 bits per heavy atom. The Hall–Kier alpha value is -2.10. The van der Waals surface area contributed by atoms with Gasteiger partial charge in [-0.3, -0.25) is 9.78 Å². The van der Waals surface area contributed by atoms with E-state index in [0.717, 1.165) is 27.8 Å². The molecule has 0 aliphatic rings. The molecule has 2 N–H and O–H groups in total. The molecule has 2 rings (SSSR count). The van der Waals surface area contributed by atoms with Crippen LogP contribution >= 0.6 is 0 Å². The number of hydrogen-bond donors (Lipinski definition) is 1. The Balaban J connectivity index is 2.66. The molecule has 0 atom stereocenters. The second-order valence-corrected chi connectivity index (χ2v) is 5.46. The van der Waals surface area contributed by atoms with Crippen LogP contribution in [-0.2, 0) is 11.2 Å². The van der Waals surface area contributed by atoms with Gasteiger partial charge in [-0.05, 0) is 38.0 Å². The van der Waals surface area contributed by atoms with E-state index in [-0.39, 0.29) is 5.91 Å². The molecule has 0 spiro atoms. The third-order valence-corrected chi connectivity index (χ3v) is 3.37. The molecule has 106 valence electrons. The highest BCUT2D eigenvalue weighted by Gasteiger charge is 2.11. The molecular weight excluding hydrogens is 250 g/mol. The number of nitrogens with two attached hydrogens (primary N) is 1. The first-order chi connectivity index (χ1) is 9.38. The average molecular weight is 271 g/mol. The van der Waals surface area contributed by atoms with E-state index < -0.39 is 0 Å². The number of nitrogens with zero attached hydrogens (tertiary/aromatic N) is 2. The van der Waals surface area contributed by atoms with Crippen molar-refractivity contribution in [3.05, 3.63) is 35.0 Å². The minimum atomic E-state index is -0.278. The standard InChI is InChI=1S/C16H21N3O/c1-10-7-12(5-6-15(17)20)16-13(8-10)14(19(3)4)9-11(2)18-16/h7-9H,5-6H2,1-4H3,(H2,17,20). The summed E-state index contributed by atoms with van der Waals surface area (Å²) < 4.78 is 0. The lowest BCUT2D eigenvalue weighted by molar-refractivity contribution is -0.117. The zero-order valence-electron chi connectivity index (χ0n) is 12.5. The van der Waals surface area contributed by atoms with Crippen molar-refractivity contribution in [1.82, 2.24) is 4.98 Å². The van der Waals surface area contributed by atoms with Crippen molar-refractivity contribution in [2.45, 2.75) is 26.7 Å². The first-order valence-electron chi connectivity index (χ1n) is 6.75. The Bertz CT molecular complexity index is 662. The molecule has 0 fully saturated rings. The first kappa shape index (κ1) is 14.3. The summed E-state index contributed by atoms with van der Waals surface area (Å²) in [6.45, 7) is 4.05. The van der Waals surface area contributed by atoms with Crippen LogP contribution in [0, 0.1) is 13.8 Å². The van der Waals surface area contributed by atoms with Gasteiger partial charge in [-0.15, -0.1) is 0 Å². The van der Waals surface area contributed by atoms with Gasteiger partial charge in [-0.25, -0.2) is 0 Å². The van der Waals surface area contributed by atoms with Crippen LogP contribution in [0.15, 0.2) is 18.2 Å². The van der Waals surface area contributed by atoms with Crippen molar-refractivity contribution >= 4 is 22.5 Å². The molecule has 2 aromatic rings. The van der Waals surface area contributed by atoms with Crippen LogP contribution in [0.4, 0.5) is 5.69 Å². The van der Waals surface area contributed by atoms with Gasteiger partial charge in [0.2, 0.25) is 5.91 Å². The zero-order chi connectivity index (χ0) is 14.9. The minimum absolute atomic E-state index is 0.278. The maximum atomic E-state index is 11.0. The number of aryl methyl sites for hydroxylation is 3. The van der Waals surface area contributed by atoms with Crippen molar-refractivity contribution in [3.8, 4) is 0 Å². The summed E-state index contributed by atoms with van der Waals surface area (Å²) in [4.78, 5) is 17.8. The Morgan fingerprint density at radius 1 is 1.25 bits per heavy atom. The summed E-state index contributed by atoms with van der Waals surface area (Å²) in [6.07, 6.45) is 0.988. The molecule has 0 aliphatic carbocycles. The Kier molecular flexibility index (Phi) is 3.93. The largest absolute Gasteiger partial charge is 0.377 e. The molecule has 0 aliphatic heterocycles. The van der Waals surface area contributed by atoms with Gasteiger partial charge in [0.05, 0.1) is 5.52 Å². The second-order valence-electron chi connectivity index (χ2n) is 5.46. The van der Waals surface area contributed by atoms with E-state index in [1.807, 2.05) is 21.0 Å². The molecule has 0 saturated heterocycles. The number of amides is 1. The van der Waals surface area contributed by atoms with Crippen LogP contribution in [0.25, 0.3) is 10.9 Å². The number of primary amides is 1. The quantitative estimate of drug-likeness (QED) is 0.928. The van der Waals surface area contributed by atoms with Gasteiger partial charge in [0.15, 0.2) is 0 Å². The normalized spacial score (nSPS) is 10.8. The molecule has 1 heterocycles. The third-order valence-electron chi connectivity index (χ3n) is 3.37. The van der Waals surface area contributed by atoms with Gasteiger partial charge >= 0.3 is 0 Å². The number of aromatic nitrogens is 1. The van der Waals surface area contributed by atoms with E-state index in [4.69, 9.17) is 5.73 Å². The lowest BCUT2D eigenvalue weighted by atomic mass is 10.00. The predicted molar refractivity (Wildman–Crippen MR) is 83.1 cm³/mol. The lowest BCUT2D eigenvalue weighted by Gasteiger charge is -2.18. The summed E-state index contributed by atoms with van der Waals surface area (Å²) in [5, 5.41) is 1.13. The van der Waals surface area contributed by atoms with Crippen molar-refractivity contribution in [2.24, 2.45) is 5.73 Å². The highest BCUT2D eigenvalue weighted by atomic mass is 16.1. The number of fused-ring (bicyclic) bond motifs is 1. The van der Waals surface area contributed by atoms with Crippen LogP contribution in [0.5, 0.6) is 0 Å². The molecule has 0 bridgehead atoms. The first-order valence-corrected chi connectivity index (χ1v) is 6.75. The molecule has 0 unspecified atom stereocenters. The van der Waals surface area contributed by atoms with Crippen LogP contribution in [-0.4, -0.2) is 25.0 Å². The molecule has 4 nitrogen and oxygen atoms in total. The van der Waals surface area contributed by atoms with Gasteiger partial charge < -0.3 is 10.6 Å². The lowest BCUT2D eigenvalue weighted by Crippen LogP contribution is -2.12. The van der Waals surface area contributed by atoms with E-state index >= 15 is 0 Å². The molecule has 20 heavy (non-hydrogen) atoms. The van der Waals surface area contributed by atoms with Crippen LogP contribution in [0.3, 0.4) is 0 Å². The molecule has 0 saturated carbocycles. The van der Waals surface area contributed by atoms with Crippen molar-refractivity contribution in [3.63, 3.8) is 0 Å². The molecule has 1 aromatic carbocycles. The topological polar surface area (TPSA) is 59.2 Å². The molecule has 1 aromatic heterocycles. The number of carbonyl (C=O) groups excluding carboxylic acids is 1. The number of pyridine rings is 1. The fraction of sp³-hybridized carbons (Fsp3) is 0.375. The summed E-state index contributed by atoms with van der Waals surface area (Å²) >= 11 is 0. The minimum Gasteiger partial charge on any atom is -0.377 e. The van der Waals surface area contributed by atoms with Gasteiger partial charge in [-0.1, -0.05) is 11.6 Å². The predicted octanol–water partition coefficient (Wildman–Crippen LogP) is 2.34. The van der Waals surface area contributed by atoms with E-state index in [1.54, 1.807) is 0 Å². The van der Waals surface area contributed by atoms with Gasteiger partial charge in [0.1, 0.15) is 0 Å². The molecular formula is C16H21N3O. The van der Waals surface area contributed by atoms with E-state index in [0.29, 0.717) is 12.8 Å². The summed E-state index contributed by atoms with van der Waals surface area (Å²) in [6, 6.07) is 6.32. The highest BCUT2D eigenvalue weighted by Crippen LogP contribution is 2.29. The third kappa shape index (κ3) is 2.90. The van der Waals surface area contributed by atoms with Crippen molar-refractivity contribution < 1.29 is 4.79 Å². The van der Waals surface area contributed by atoms with E-state index in [1.165, 1.54) is 5.56 Å². The SMILES string of the molecule is Cc1cc(CCC(N)=O)c2nc(C)cc(N(C)C)c2c1. The Labute approximate surface area is 119 Å². The van der Waals surface area contributed by atoms with Crippen molar-refractivity contribution in [1.29, 1.82) is 0 Å². The summed E-state index contributed by atoms with van der Waals surface area (Å²) in [5.41, 5.74) is 10.6. The molecule has 1 amide bonds. The smallest absolute Gasteiger partial charge is 0.217 e. The number of carbonyl (C=O) groups is 1. The summed E-state index contributed by atoms with van der Waals surface area (Å²) in [7, 11) is 4.05. The van der Waals surface area contributed by atoms with Crippen LogP contribution in [0.1, 0.15) is 23.2 Å². The molecule has 4 heteroatoms. The second kappa shape index (κ2) is 5.49. The monoisotopic (exact) mass is 271 g/mol. The highest BCUT2D eigenvalue weighted by molar-refractivity contribution is 5.94. The van der Waals surface area contributed by atoms with Crippen LogP contribution < -0.4 is 10.6 Å². The summed E-state index contributed by atoms with van der Waals surface area (Å²) in [5.74, 6) is -0.278. The average Bonchev–Trinajstić information content (AvgIpc) is 2.35. The maximum absolute atomic E-state index is 11.0.